The largest absolute Gasteiger partial charge is 0.478 e. The van der Waals surface area contributed by atoms with Crippen LogP contribution in [0.3, 0.4) is 0 Å². The number of carboxylic acid groups (broad SMARTS) is 1. The zero-order chi connectivity index (χ0) is 10.7. The number of carbonyl (C=O) groups is 1. The highest BCUT2D eigenvalue weighted by atomic mass is 79.9. The molecule has 1 rings (SSSR count). The van der Waals surface area contributed by atoms with Crippen LogP contribution in [-0.2, 0) is 11.8 Å². The maximum absolute atomic E-state index is 10.9. The summed E-state index contributed by atoms with van der Waals surface area (Å²) in [6.45, 7) is 0. The van der Waals surface area contributed by atoms with Crippen LogP contribution in [0.1, 0.15) is 21.5 Å². The first-order valence-corrected chi connectivity index (χ1v) is 5.63. The Hall–Kier alpha value is -0.250. The van der Waals surface area contributed by atoms with Crippen molar-refractivity contribution in [3.05, 3.63) is 33.3 Å². The van der Waals surface area contributed by atoms with E-state index in [9.17, 15) is 4.79 Å². The lowest BCUT2D eigenvalue weighted by Crippen LogP contribution is -2.05. The Morgan fingerprint density at radius 2 is 1.71 bits per heavy atom. The van der Waals surface area contributed by atoms with Crippen molar-refractivity contribution in [3.63, 3.8) is 0 Å². The molecule has 0 aliphatic rings. The summed E-state index contributed by atoms with van der Waals surface area (Å²) < 4.78 is 0.786. The molecule has 0 unspecified atom stereocenters. The third-order valence-electron chi connectivity index (χ3n) is 1.77. The average molecular weight is 298 g/mol. The Bertz CT molecular complexity index is 341. The van der Waals surface area contributed by atoms with Crippen molar-refractivity contribution in [2.75, 3.05) is 0 Å². The van der Waals surface area contributed by atoms with Gasteiger partial charge in [0.05, 0.1) is 5.56 Å². The highest BCUT2D eigenvalue weighted by Crippen LogP contribution is 2.24. The summed E-state index contributed by atoms with van der Waals surface area (Å²) in [6, 6.07) is 3.37. The van der Waals surface area contributed by atoms with Gasteiger partial charge in [0.15, 0.2) is 0 Å². The van der Waals surface area contributed by atoms with Gasteiger partial charge < -0.3 is 5.11 Å². The first kappa shape index (κ1) is 11.8. The number of hydrogen-bond acceptors (Lipinski definition) is 1. The number of alkyl halides is 2. The van der Waals surface area contributed by atoms with Gasteiger partial charge in [-0.2, -0.15) is 0 Å². The Morgan fingerprint density at radius 3 is 2.00 bits per heavy atom. The summed E-state index contributed by atoms with van der Waals surface area (Å²) in [5.74, 6) is -0.681. The molecule has 0 aliphatic heterocycles. The molecule has 2 nitrogen and oxygen atoms in total. The van der Waals surface area contributed by atoms with Crippen LogP contribution in [0.5, 0.6) is 0 Å². The maximum atomic E-state index is 10.9. The van der Waals surface area contributed by atoms with Gasteiger partial charge in [-0.05, 0) is 23.3 Å². The molecule has 0 aliphatic carbocycles. The lowest BCUT2D eigenvalue weighted by molar-refractivity contribution is 0.0695. The molecule has 0 fully saturated rings. The van der Waals surface area contributed by atoms with Crippen molar-refractivity contribution >= 4 is 45.1 Å². The van der Waals surface area contributed by atoms with Crippen LogP contribution in [0.25, 0.3) is 0 Å². The monoisotopic (exact) mass is 296 g/mol. The molecular formula is C9H7BrCl2O2. The molecule has 0 spiro atoms. The number of hydrogen-bond donors (Lipinski definition) is 1. The summed E-state index contributed by atoms with van der Waals surface area (Å²) in [5, 5.41) is 8.97. The van der Waals surface area contributed by atoms with E-state index < -0.39 is 5.97 Å². The van der Waals surface area contributed by atoms with Gasteiger partial charge in [-0.3, -0.25) is 0 Å². The first-order valence-electron chi connectivity index (χ1n) is 3.76. The molecule has 0 aromatic heterocycles. The molecule has 5 heteroatoms. The molecule has 14 heavy (non-hydrogen) atoms. The summed E-state index contributed by atoms with van der Waals surface area (Å²) in [7, 11) is 0. The smallest absolute Gasteiger partial charge is 0.336 e. The summed E-state index contributed by atoms with van der Waals surface area (Å²) >= 11 is 14.6. The minimum atomic E-state index is -0.996. The number of carboxylic acids is 1. The van der Waals surface area contributed by atoms with Crippen molar-refractivity contribution in [2.45, 2.75) is 11.8 Å². The Balaban J connectivity index is 3.40. The normalized spacial score (nSPS) is 10.2. The van der Waals surface area contributed by atoms with Crippen molar-refractivity contribution in [1.82, 2.24) is 0 Å². The van der Waals surface area contributed by atoms with Crippen molar-refractivity contribution in [3.8, 4) is 0 Å². The van der Waals surface area contributed by atoms with Crippen molar-refractivity contribution in [1.29, 1.82) is 0 Å². The van der Waals surface area contributed by atoms with E-state index in [-0.39, 0.29) is 17.3 Å². The second-order valence-corrected chi connectivity index (χ2v) is 4.12. The van der Waals surface area contributed by atoms with Crippen LogP contribution in [-0.4, -0.2) is 11.1 Å². The average Bonchev–Trinajstić information content (AvgIpc) is 2.15. The number of rotatable bonds is 3. The standard InChI is InChI=1S/C9H7BrCl2O2/c10-7-1-5(3-11)8(9(13)14)6(2-7)4-12/h1-2H,3-4H2,(H,13,14). The Kier molecular flexibility index (Phi) is 4.23. The summed E-state index contributed by atoms with van der Waals surface area (Å²) in [6.07, 6.45) is 0. The van der Waals surface area contributed by atoms with Gasteiger partial charge in [0, 0.05) is 16.2 Å². The van der Waals surface area contributed by atoms with E-state index in [1.54, 1.807) is 12.1 Å². The van der Waals surface area contributed by atoms with Gasteiger partial charge in [-0.15, -0.1) is 23.2 Å². The van der Waals surface area contributed by atoms with Gasteiger partial charge in [0.2, 0.25) is 0 Å². The minimum absolute atomic E-state index is 0.158. The second-order valence-electron chi connectivity index (χ2n) is 2.67. The van der Waals surface area contributed by atoms with E-state index in [1.807, 2.05) is 0 Å². The van der Waals surface area contributed by atoms with Crippen LogP contribution in [0, 0.1) is 0 Å². The number of benzene rings is 1. The molecule has 0 saturated carbocycles. The lowest BCUT2D eigenvalue weighted by Gasteiger charge is -2.08. The van der Waals surface area contributed by atoms with Crippen LogP contribution in [0.15, 0.2) is 16.6 Å². The molecule has 0 saturated heterocycles. The minimum Gasteiger partial charge on any atom is -0.478 e. The van der Waals surface area contributed by atoms with E-state index in [0.29, 0.717) is 11.1 Å². The van der Waals surface area contributed by atoms with Crippen molar-refractivity contribution < 1.29 is 9.90 Å². The highest BCUT2D eigenvalue weighted by Gasteiger charge is 2.15. The SMILES string of the molecule is O=C(O)c1c(CCl)cc(Br)cc1CCl. The molecule has 0 heterocycles. The molecule has 0 atom stereocenters. The van der Waals surface area contributed by atoms with Crippen LogP contribution < -0.4 is 0 Å². The molecule has 1 aromatic rings. The number of halogens is 3. The van der Waals surface area contributed by atoms with E-state index in [1.165, 1.54) is 0 Å². The van der Waals surface area contributed by atoms with Gasteiger partial charge in [-0.25, -0.2) is 4.79 Å². The first-order chi connectivity index (χ1) is 6.60. The second kappa shape index (κ2) is 5.01. The predicted molar refractivity (Wildman–Crippen MR) is 60.2 cm³/mol. The van der Waals surface area contributed by atoms with Gasteiger partial charge in [0.1, 0.15) is 0 Å². The van der Waals surface area contributed by atoms with E-state index in [4.69, 9.17) is 28.3 Å². The number of aromatic carboxylic acids is 1. The Labute approximate surface area is 100.0 Å². The zero-order valence-corrected chi connectivity index (χ0v) is 10.2. The molecule has 76 valence electrons. The fourth-order valence-electron chi connectivity index (χ4n) is 1.21. The van der Waals surface area contributed by atoms with Gasteiger partial charge in [0.25, 0.3) is 0 Å². The fourth-order valence-corrected chi connectivity index (χ4v) is 2.18. The van der Waals surface area contributed by atoms with Crippen LogP contribution in [0.4, 0.5) is 0 Å². The molecule has 0 radical (unpaired) electrons. The van der Waals surface area contributed by atoms with Crippen molar-refractivity contribution in [2.24, 2.45) is 0 Å². The predicted octanol–water partition coefficient (Wildman–Crippen LogP) is 3.62. The summed E-state index contributed by atoms with van der Waals surface area (Å²) in [4.78, 5) is 10.9. The molecule has 0 bridgehead atoms. The van der Waals surface area contributed by atoms with Gasteiger partial charge >= 0.3 is 5.97 Å². The van der Waals surface area contributed by atoms with E-state index in [0.717, 1.165) is 4.47 Å². The van der Waals surface area contributed by atoms with Crippen LogP contribution >= 0.6 is 39.1 Å². The topological polar surface area (TPSA) is 37.3 Å². The van der Waals surface area contributed by atoms with E-state index >= 15 is 0 Å². The lowest BCUT2D eigenvalue weighted by atomic mass is 10.0. The summed E-state index contributed by atoms with van der Waals surface area (Å²) in [5.41, 5.74) is 1.35. The third kappa shape index (κ3) is 2.41. The Morgan fingerprint density at radius 1 is 1.29 bits per heavy atom. The third-order valence-corrected chi connectivity index (χ3v) is 2.80. The highest BCUT2D eigenvalue weighted by molar-refractivity contribution is 9.10. The van der Waals surface area contributed by atoms with Crippen LogP contribution in [0.2, 0.25) is 0 Å². The zero-order valence-electron chi connectivity index (χ0n) is 7.06. The maximum Gasteiger partial charge on any atom is 0.336 e. The molecule has 1 aromatic carbocycles. The molecule has 1 N–H and O–H groups in total. The molecule has 0 amide bonds. The fraction of sp³-hybridized carbons (Fsp3) is 0.222. The molecular weight excluding hydrogens is 291 g/mol. The van der Waals surface area contributed by atoms with Gasteiger partial charge in [-0.1, -0.05) is 15.9 Å². The van der Waals surface area contributed by atoms with E-state index in [2.05, 4.69) is 15.9 Å². The quantitative estimate of drug-likeness (QED) is 0.865.